The Kier molecular flexibility index (Phi) is 3.42. The Morgan fingerprint density at radius 2 is 2.42 bits per heavy atom. The van der Waals surface area contributed by atoms with E-state index in [1.165, 1.54) is 6.26 Å². The molecule has 2 aromatic heterocycles. The van der Waals surface area contributed by atoms with Crippen LogP contribution in [0.2, 0.25) is 0 Å². The number of imidazole rings is 1. The Morgan fingerprint density at radius 3 is 3.11 bits per heavy atom. The summed E-state index contributed by atoms with van der Waals surface area (Å²) in [7, 11) is 0. The summed E-state index contributed by atoms with van der Waals surface area (Å²) in [5, 5.41) is 3.08. The second kappa shape index (κ2) is 5.21. The van der Waals surface area contributed by atoms with E-state index in [0.717, 1.165) is 19.3 Å². The van der Waals surface area contributed by atoms with Crippen LogP contribution in [0, 0.1) is 0 Å². The normalized spacial score (nSPS) is 22.6. The van der Waals surface area contributed by atoms with Gasteiger partial charge in [-0.15, -0.1) is 0 Å². The van der Waals surface area contributed by atoms with E-state index in [0.29, 0.717) is 10.2 Å². The Hall–Kier alpha value is -1.56. The summed E-state index contributed by atoms with van der Waals surface area (Å²) in [6.07, 6.45) is 10.2. The van der Waals surface area contributed by atoms with Crippen LogP contribution in [0.5, 0.6) is 0 Å². The first-order valence-corrected chi connectivity index (χ1v) is 7.06. The summed E-state index contributed by atoms with van der Waals surface area (Å²) in [5.41, 5.74) is 0.538. The van der Waals surface area contributed by atoms with Gasteiger partial charge in [-0.05, 0) is 41.3 Å². The van der Waals surface area contributed by atoms with Gasteiger partial charge in [-0.25, -0.2) is 4.98 Å². The predicted molar refractivity (Wildman–Crippen MR) is 72.8 cm³/mol. The highest BCUT2D eigenvalue weighted by atomic mass is 79.9. The van der Waals surface area contributed by atoms with Crippen LogP contribution in [-0.4, -0.2) is 21.5 Å². The summed E-state index contributed by atoms with van der Waals surface area (Å²) >= 11 is 3.23. The zero-order valence-electron chi connectivity index (χ0n) is 10.3. The van der Waals surface area contributed by atoms with Gasteiger partial charge in [0.25, 0.3) is 5.91 Å². The molecule has 2 atom stereocenters. The Morgan fingerprint density at radius 1 is 1.53 bits per heavy atom. The molecule has 3 rings (SSSR count). The van der Waals surface area contributed by atoms with E-state index in [2.05, 4.69) is 30.8 Å². The van der Waals surface area contributed by atoms with Gasteiger partial charge in [0, 0.05) is 18.4 Å². The number of hydrogen-bond donors (Lipinski definition) is 1. The molecule has 1 aliphatic carbocycles. The third-order valence-corrected chi connectivity index (χ3v) is 4.18. The minimum atomic E-state index is -0.0994. The molecule has 2 aromatic rings. The second-order valence-electron chi connectivity index (χ2n) is 4.70. The molecule has 0 aliphatic heterocycles. The van der Waals surface area contributed by atoms with Gasteiger partial charge in [0.2, 0.25) is 0 Å². The van der Waals surface area contributed by atoms with E-state index in [4.69, 9.17) is 4.42 Å². The molecule has 6 heteroatoms. The van der Waals surface area contributed by atoms with Crippen LogP contribution < -0.4 is 5.32 Å². The van der Waals surface area contributed by atoms with Crippen molar-refractivity contribution in [2.45, 2.75) is 31.3 Å². The van der Waals surface area contributed by atoms with Crippen molar-refractivity contribution >= 4 is 21.8 Å². The molecule has 5 nitrogen and oxygen atoms in total. The molecule has 0 saturated heterocycles. The molecular weight excluding hydrogens is 310 g/mol. The quantitative estimate of drug-likeness (QED) is 0.944. The van der Waals surface area contributed by atoms with Crippen LogP contribution in [0.1, 0.15) is 35.7 Å². The van der Waals surface area contributed by atoms with Gasteiger partial charge in [0.15, 0.2) is 4.67 Å². The fourth-order valence-electron chi connectivity index (χ4n) is 2.63. The lowest BCUT2D eigenvalue weighted by Gasteiger charge is -2.21. The third-order valence-electron chi connectivity index (χ3n) is 3.57. The van der Waals surface area contributed by atoms with Gasteiger partial charge in [-0.3, -0.25) is 4.79 Å². The molecule has 0 spiro atoms. The lowest BCUT2D eigenvalue weighted by Crippen LogP contribution is -2.38. The number of aromatic nitrogens is 2. The number of rotatable bonds is 3. The molecule has 0 aromatic carbocycles. The summed E-state index contributed by atoms with van der Waals surface area (Å²) in [6.45, 7) is 0. The molecule has 1 N–H and O–H groups in total. The Labute approximate surface area is 119 Å². The maximum absolute atomic E-state index is 12.2. The lowest BCUT2D eigenvalue weighted by molar-refractivity contribution is 0.0927. The van der Waals surface area contributed by atoms with Gasteiger partial charge < -0.3 is 14.3 Å². The molecule has 0 bridgehead atoms. The minimum absolute atomic E-state index is 0.0994. The number of nitrogens with one attached hydrogen (secondary N) is 1. The van der Waals surface area contributed by atoms with Gasteiger partial charge in [0.1, 0.15) is 0 Å². The summed E-state index contributed by atoms with van der Waals surface area (Å²) in [4.78, 5) is 16.2. The number of furan rings is 1. The highest BCUT2D eigenvalue weighted by Crippen LogP contribution is 2.30. The van der Waals surface area contributed by atoms with Gasteiger partial charge in [-0.2, -0.15) is 0 Å². The molecular formula is C13H14BrN3O2. The summed E-state index contributed by atoms with van der Waals surface area (Å²) in [5.74, 6) is -0.0994. The molecule has 100 valence electrons. The number of hydrogen-bond acceptors (Lipinski definition) is 3. The Balaban J connectivity index is 1.72. The first kappa shape index (κ1) is 12.5. The van der Waals surface area contributed by atoms with E-state index in [1.54, 1.807) is 12.3 Å². The number of nitrogens with zero attached hydrogens (tertiary/aromatic N) is 2. The maximum Gasteiger partial charge on any atom is 0.256 e. The van der Waals surface area contributed by atoms with Gasteiger partial charge >= 0.3 is 0 Å². The molecule has 19 heavy (non-hydrogen) atoms. The lowest BCUT2D eigenvalue weighted by atomic mass is 10.1. The molecule has 0 radical (unpaired) electrons. The fourth-order valence-corrected chi connectivity index (χ4v) is 3.05. The van der Waals surface area contributed by atoms with Crippen LogP contribution in [0.15, 0.2) is 40.1 Å². The van der Waals surface area contributed by atoms with Gasteiger partial charge in [-0.1, -0.05) is 0 Å². The van der Waals surface area contributed by atoms with Crippen LogP contribution in [0.25, 0.3) is 0 Å². The second-order valence-corrected chi connectivity index (χ2v) is 5.42. The Bertz CT molecular complexity index is 564. The van der Waals surface area contributed by atoms with Crippen molar-refractivity contribution in [1.82, 2.24) is 14.9 Å². The smallest absolute Gasteiger partial charge is 0.256 e. The van der Waals surface area contributed by atoms with E-state index in [9.17, 15) is 4.79 Å². The van der Waals surface area contributed by atoms with E-state index in [-0.39, 0.29) is 18.0 Å². The van der Waals surface area contributed by atoms with Crippen molar-refractivity contribution < 1.29 is 9.21 Å². The minimum Gasteiger partial charge on any atom is -0.457 e. The molecule has 2 unspecified atom stereocenters. The number of halogens is 1. The summed E-state index contributed by atoms with van der Waals surface area (Å²) < 4.78 is 7.64. The molecule has 1 saturated carbocycles. The molecule has 1 fully saturated rings. The zero-order valence-corrected chi connectivity index (χ0v) is 11.8. The predicted octanol–water partition coefficient (Wildman–Crippen LogP) is 2.76. The third kappa shape index (κ3) is 2.45. The average molecular weight is 324 g/mol. The zero-order chi connectivity index (χ0) is 13.2. The number of carbonyl (C=O) groups is 1. The average Bonchev–Trinajstić information content (AvgIpc) is 3.07. The van der Waals surface area contributed by atoms with Crippen molar-refractivity contribution in [2.24, 2.45) is 0 Å². The fraction of sp³-hybridized carbons (Fsp3) is 0.385. The van der Waals surface area contributed by atoms with E-state index in [1.807, 2.05) is 12.5 Å². The van der Waals surface area contributed by atoms with Gasteiger partial charge in [0.05, 0.1) is 24.2 Å². The molecule has 1 amide bonds. The molecule has 2 heterocycles. The van der Waals surface area contributed by atoms with Crippen LogP contribution in [0.3, 0.4) is 0 Å². The SMILES string of the molecule is O=C(NC1CCCC1n1ccnc1)c1ccoc1Br. The number of amides is 1. The number of carbonyl (C=O) groups excluding carboxylic acids is 1. The maximum atomic E-state index is 12.2. The highest BCUT2D eigenvalue weighted by molar-refractivity contribution is 9.10. The van der Waals surface area contributed by atoms with Crippen molar-refractivity contribution in [3.63, 3.8) is 0 Å². The van der Waals surface area contributed by atoms with E-state index >= 15 is 0 Å². The largest absolute Gasteiger partial charge is 0.457 e. The first-order chi connectivity index (χ1) is 9.25. The summed E-state index contributed by atoms with van der Waals surface area (Å²) in [6, 6.07) is 2.10. The van der Waals surface area contributed by atoms with Crippen molar-refractivity contribution in [3.05, 3.63) is 41.3 Å². The molecule has 1 aliphatic rings. The van der Waals surface area contributed by atoms with E-state index < -0.39 is 0 Å². The van der Waals surface area contributed by atoms with Crippen molar-refractivity contribution in [2.75, 3.05) is 0 Å². The highest BCUT2D eigenvalue weighted by Gasteiger charge is 2.30. The topological polar surface area (TPSA) is 60.1 Å². The van der Waals surface area contributed by atoms with Crippen molar-refractivity contribution in [3.8, 4) is 0 Å². The van der Waals surface area contributed by atoms with Crippen LogP contribution in [0.4, 0.5) is 0 Å². The van der Waals surface area contributed by atoms with Crippen LogP contribution in [-0.2, 0) is 0 Å². The first-order valence-electron chi connectivity index (χ1n) is 6.27. The standard InChI is InChI=1S/C13H14BrN3O2/c14-12-9(4-7-19-12)13(18)16-10-2-1-3-11(10)17-6-5-15-8-17/h4-8,10-11H,1-3H2,(H,16,18). The van der Waals surface area contributed by atoms with Crippen molar-refractivity contribution in [1.29, 1.82) is 0 Å². The monoisotopic (exact) mass is 323 g/mol. The van der Waals surface area contributed by atoms with Crippen LogP contribution >= 0.6 is 15.9 Å².